The molecular formula is C21H25F3N4O3S. The molecule has 174 valence electrons. The van der Waals surface area contributed by atoms with E-state index in [9.17, 15) is 23.1 Å². The molecule has 0 aliphatic carbocycles. The first-order valence-electron chi connectivity index (χ1n) is 10.3. The van der Waals surface area contributed by atoms with Crippen LogP contribution in [0.5, 0.6) is 0 Å². The zero-order valence-electron chi connectivity index (χ0n) is 17.2. The molecule has 2 aliphatic heterocycles. The van der Waals surface area contributed by atoms with Crippen LogP contribution in [0.2, 0.25) is 0 Å². The molecule has 1 aromatic heterocycles. The number of alkyl halides is 3. The molecule has 7 nitrogen and oxygen atoms in total. The zero-order valence-corrected chi connectivity index (χ0v) is 18.0. The first-order valence-corrected chi connectivity index (χ1v) is 11.2. The number of hydrogen-bond acceptors (Lipinski definition) is 6. The number of ether oxygens (including phenoxy) is 1. The molecule has 32 heavy (non-hydrogen) atoms. The van der Waals surface area contributed by atoms with Crippen molar-refractivity contribution in [3.63, 3.8) is 0 Å². The average Bonchev–Trinajstić information content (AvgIpc) is 3.39. The lowest BCUT2D eigenvalue weighted by Crippen LogP contribution is -2.51. The van der Waals surface area contributed by atoms with Gasteiger partial charge in [-0.15, -0.1) is 11.3 Å². The highest BCUT2D eigenvalue weighted by Gasteiger charge is 2.38. The quantitative estimate of drug-likeness (QED) is 0.627. The number of halogens is 3. The number of nitrogens with zero attached hydrogens (tertiary/aromatic N) is 2. The molecule has 4 rings (SSSR count). The Labute approximate surface area is 187 Å². The van der Waals surface area contributed by atoms with Crippen LogP contribution in [0, 0.1) is 0 Å². The Morgan fingerprint density at radius 2 is 1.97 bits per heavy atom. The van der Waals surface area contributed by atoms with Crippen LogP contribution in [-0.2, 0) is 10.9 Å². The first kappa shape index (κ1) is 22.8. The van der Waals surface area contributed by atoms with Gasteiger partial charge in [0.2, 0.25) is 0 Å². The van der Waals surface area contributed by atoms with E-state index in [2.05, 4.69) is 15.5 Å². The maximum absolute atomic E-state index is 13.0. The fourth-order valence-corrected chi connectivity index (χ4v) is 4.57. The van der Waals surface area contributed by atoms with Crippen molar-refractivity contribution in [2.24, 2.45) is 0 Å². The van der Waals surface area contributed by atoms with Crippen molar-refractivity contribution < 1.29 is 27.8 Å². The zero-order chi connectivity index (χ0) is 22.7. The molecule has 1 aromatic carbocycles. The normalized spacial score (nSPS) is 24.5. The third-order valence-corrected chi connectivity index (χ3v) is 6.49. The highest BCUT2D eigenvalue weighted by atomic mass is 32.1. The number of anilines is 2. The second-order valence-corrected chi connectivity index (χ2v) is 8.83. The Kier molecular flexibility index (Phi) is 6.89. The molecule has 2 amide bonds. The maximum Gasteiger partial charge on any atom is 0.416 e. The summed E-state index contributed by atoms with van der Waals surface area (Å²) in [6.07, 6.45) is -5.65. The standard InChI is InChI=1S/C21H25F3N4O3S/c22-21(23,24)14-3-1-4-15(11-14)28-8-6-27(7-9-28)12-17-19(29)16(13-31-17)25-20(30)26-18-5-2-10-32-18/h1-5,10-11,16-17,19,29H,6-9,12-13H2,(H2,25,26,30). The highest BCUT2D eigenvalue weighted by Crippen LogP contribution is 2.32. The number of urea groups is 1. The van der Waals surface area contributed by atoms with Gasteiger partial charge in [0.1, 0.15) is 6.10 Å². The Bertz CT molecular complexity index is 904. The summed E-state index contributed by atoms with van der Waals surface area (Å²) < 4.78 is 44.6. The molecule has 0 bridgehead atoms. The summed E-state index contributed by atoms with van der Waals surface area (Å²) in [5, 5.41) is 18.6. The third kappa shape index (κ3) is 5.52. The number of aliphatic hydroxyl groups is 1. The van der Waals surface area contributed by atoms with E-state index < -0.39 is 36.0 Å². The number of amides is 2. The van der Waals surface area contributed by atoms with E-state index >= 15 is 0 Å². The second kappa shape index (κ2) is 9.65. The van der Waals surface area contributed by atoms with E-state index in [1.807, 2.05) is 16.3 Å². The Hall–Kier alpha value is -2.34. The number of thiophene rings is 1. The molecule has 2 aromatic rings. The number of nitrogens with one attached hydrogen (secondary N) is 2. The monoisotopic (exact) mass is 470 g/mol. The van der Waals surface area contributed by atoms with E-state index in [-0.39, 0.29) is 6.61 Å². The molecule has 11 heteroatoms. The van der Waals surface area contributed by atoms with Crippen molar-refractivity contribution >= 4 is 28.1 Å². The minimum absolute atomic E-state index is 0.216. The first-order chi connectivity index (χ1) is 15.3. The van der Waals surface area contributed by atoms with Crippen molar-refractivity contribution in [3.05, 3.63) is 47.3 Å². The van der Waals surface area contributed by atoms with Gasteiger partial charge in [0.15, 0.2) is 0 Å². The predicted molar refractivity (Wildman–Crippen MR) is 116 cm³/mol. The van der Waals surface area contributed by atoms with Crippen molar-refractivity contribution in [2.45, 2.75) is 24.4 Å². The predicted octanol–water partition coefficient (Wildman–Crippen LogP) is 2.84. The number of rotatable bonds is 5. The fourth-order valence-electron chi connectivity index (χ4n) is 3.96. The van der Waals surface area contributed by atoms with E-state index in [1.54, 1.807) is 12.1 Å². The van der Waals surface area contributed by atoms with Crippen LogP contribution >= 0.6 is 11.3 Å². The van der Waals surface area contributed by atoms with Crippen LogP contribution in [0.4, 0.5) is 28.7 Å². The molecule has 3 N–H and O–H groups in total. The molecule has 2 fully saturated rings. The minimum atomic E-state index is -4.36. The summed E-state index contributed by atoms with van der Waals surface area (Å²) in [6, 6.07) is 8.08. The summed E-state index contributed by atoms with van der Waals surface area (Å²) in [5.41, 5.74) is -0.0980. The summed E-state index contributed by atoms with van der Waals surface area (Å²) in [6.45, 7) is 3.14. The number of carbonyl (C=O) groups is 1. The number of piperazine rings is 1. The Morgan fingerprint density at radius 1 is 1.19 bits per heavy atom. The smallest absolute Gasteiger partial charge is 0.388 e. The van der Waals surface area contributed by atoms with Crippen molar-refractivity contribution in [1.82, 2.24) is 10.2 Å². The van der Waals surface area contributed by atoms with Crippen molar-refractivity contribution in [2.75, 3.05) is 49.5 Å². The lowest BCUT2D eigenvalue weighted by molar-refractivity contribution is -0.137. The van der Waals surface area contributed by atoms with Gasteiger partial charge < -0.3 is 20.1 Å². The molecule has 3 atom stereocenters. The number of aliphatic hydroxyl groups excluding tert-OH is 1. The summed E-state index contributed by atoms with van der Waals surface area (Å²) in [7, 11) is 0. The lowest BCUT2D eigenvalue weighted by Gasteiger charge is -2.37. The van der Waals surface area contributed by atoms with Gasteiger partial charge >= 0.3 is 12.2 Å². The van der Waals surface area contributed by atoms with Gasteiger partial charge in [-0.3, -0.25) is 10.2 Å². The van der Waals surface area contributed by atoms with Crippen molar-refractivity contribution in [3.8, 4) is 0 Å². The highest BCUT2D eigenvalue weighted by molar-refractivity contribution is 7.14. The van der Waals surface area contributed by atoms with Gasteiger partial charge in [0.25, 0.3) is 0 Å². The topological polar surface area (TPSA) is 77.1 Å². The second-order valence-electron chi connectivity index (χ2n) is 7.88. The van der Waals surface area contributed by atoms with Crippen LogP contribution in [0.25, 0.3) is 0 Å². The molecular weight excluding hydrogens is 445 g/mol. The van der Waals surface area contributed by atoms with Gasteiger partial charge in [-0.25, -0.2) is 4.79 Å². The van der Waals surface area contributed by atoms with Crippen LogP contribution in [0.3, 0.4) is 0 Å². The van der Waals surface area contributed by atoms with Gasteiger partial charge in [-0.1, -0.05) is 6.07 Å². The lowest BCUT2D eigenvalue weighted by atomic mass is 10.1. The molecule has 2 aliphatic rings. The van der Waals surface area contributed by atoms with E-state index in [0.717, 1.165) is 6.07 Å². The summed E-state index contributed by atoms with van der Waals surface area (Å²) in [4.78, 5) is 16.1. The Morgan fingerprint density at radius 3 is 2.66 bits per heavy atom. The van der Waals surface area contributed by atoms with E-state index in [4.69, 9.17) is 4.74 Å². The Balaban J connectivity index is 1.24. The van der Waals surface area contributed by atoms with Gasteiger partial charge in [0, 0.05) is 38.4 Å². The fraction of sp³-hybridized carbons (Fsp3) is 0.476. The SMILES string of the molecule is O=C(Nc1cccs1)NC1COC(CN2CCN(c3cccc(C(F)(F)F)c3)CC2)C1O. The molecule has 2 saturated heterocycles. The molecule has 0 saturated carbocycles. The number of carbonyl (C=O) groups excluding carboxylic acids is 1. The number of benzene rings is 1. The van der Waals surface area contributed by atoms with Crippen LogP contribution in [0.15, 0.2) is 41.8 Å². The molecule has 0 spiro atoms. The largest absolute Gasteiger partial charge is 0.416 e. The van der Waals surface area contributed by atoms with Gasteiger partial charge in [-0.05, 0) is 35.7 Å². The van der Waals surface area contributed by atoms with Gasteiger partial charge in [-0.2, -0.15) is 13.2 Å². The van der Waals surface area contributed by atoms with Crippen molar-refractivity contribution in [1.29, 1.82) is 0 Å². The summed E-state index contributed by atoms with van der Waals surface area (Å²) in [5.74, 6) is 0. The summed E-state index contributed by atoms with van der Waals surface area (Å²) >= 11 is 1.40. The third-order valence-electron chi connectivity index (χ3n) is 5.71. The molecule has 3 heterocycles. The maximum atomic E-state index is 13.0. The van der Waals surface area contributed by atoms with Crippen LogP contribution < -0.4 is 15.5 Å². The van der Waals surface area contributed by atoms with Crippen LogP contribution in [-0.4, -0.2) is 73.6 Å². The number of hydrogen-bond donors (Lipinski definition) is 3. The minimum Gasteiger partial charge on any atom is -0.388 e. The average molecular weight is 471 g/mol. The molecule has 0 radical (unpaired) electrons. The van der Waals surface area contributed by atoms with E-state index in [1.165, 1.54) is 23.5 Å². The van der Waals surface area contributed by atoms with Crippen LogP contribution in [0.1, 0.15) is 5.56 Å². The van der Waals surface area contributed by atoms with E-state index in [0.29, 0.717) is 43.4 Å². The molecule has 3 unspecified atom stereocenters. The van der Waals surface area contributed by atoms with Gasteiger partial charge in [0.05, 0.1) is 29.3 Å².